The summed E-state index contributed by atoms with van der Waals surface area (Å²) in [4.78, 5) is 23.8. The predicted octanol–water partition coefficient (Wildman–Crippen LogP) is 2.86. The first-order valence-electron chi connectivity index (χ1n) is 7.74. The Morgan fingerprint density at radius 3 is 2.67 bits per heavy atom. The summed E-state index contributed by atoms with van der Waals surface area (Å²) < 4.78 is 4.93. The van der Waals surface area contributed by atoms with E-state index in [2.05, 4.69) is 27.3 Å². The van der Waals surface area contributed by atoms with Gasteiger partial charge in [-0.25, -0.2) is 4.98 Å². The maximum absolute atomic E-state index is 12.9. The van der Waals surface area contributed by atoms with Crippen molar-refractivity contribution in [1.82, 2.24) is 20.0 Å². The van der Waals surface area contributed by atoms with Gasteiger partial charge in [0.2, 0.25) is 6.39 Å². The number of carbonyl (C=O) groups is 1. The number of amides is 1. The molecule has 0 N–H and O–H groups in total. The molecule has 0 bridgehead atoms. The highest BCUT2D eigenvalue weighted by atomic mass is 32.1. The fourth-order valence-electron chi connectivity index (χ4n) is 3.26. The van der Waals surface area contributed by atoms with Crippen LogP contribution in [0.5, 0.6) is 0 Å². The van der Waals surface area contributed by atoms with Crippen LogP contribution in [-0.4, -0.2) is 39.0 Å². The van der Waals surface area contributed by atoms with Crippen molar-refractivity contribution in [3.63, 3.8) is 0 Å². The third-order valence-electron chi connectivity index (χ3n) is 4.48. The minimum Gasteiger partial charge on any atom is -0.343 e. The van der Waals surface area contributed by atoms with Crippen molar-refractivity contribution in [2.75, 3.05) is 13.1 Å². The molecule has 0 spiro atoms. The normalized spacial score (nSPS) is 20.5. The molecule has 3 aromatic rings. The number of aromatic nitrogens is 3. The predicted molar refractivity (Wildman–Crippen MR) is 89.0 cm³/mol. The van der Waals surface area contributed by atoms with Gasteiger partial charge in [0.1, 0.15) is 4.88 Å². The number of hydrogen-bond donors (Lipinski definition) is 0. The lowest BCUT2D eigenvalue weighted by Gasteiger charge is -2.16. The van der Waals surface area contributed by atoms with Gasteiger partial charge in [-0.15, -0.1) is 11.3 Å². The minimum absolute atomic E-state index is 0.0296. The maximum atomic E-state index is 12.9. The van der Waals surface area contributed by atoms with E-state index in [1.807, 2.05) is 30.0 Å². The lowest BCUT2D eigenvalue weighted by Crippen LogP contribution is -2.28. The van der Waals surface area contributed by atoms with E-state index in [0.29, 0.717) is 23.8 Å². The largest absolute Gasteiger partial charge is 0.343 e. The quantitative estimate of drug-likeness (QED) is 0.733. The van der Waals surface area contributed by atoms with E-state index in [-0.39, 0.29) is 17.7 Å². The van der Waals surface area contributed by atoms with Gasteiger partial charge < -0.3 is 9.42 Å². The van der Waals surface area contributed by atoms with E-state index in [1.54, 1.807) is 5.51 Å². The Morgan fingerprint density at radius 2 is 2.00 bits per heavy atom. The second-order valence-electron chi connectivity index (χ2n) is 5.89. The number of hydrogen-bond acceptors (Lipinski definition) is 6. The summed E-state index contributed by atoms with van der Waals surface area (Å²) in [5.74, 6) is 0.867. The molecule has 1 fully saturated rings. The molecule has 1 aliphatic heterocycles. The molecule has 1 amide bonds. The Morgan fingerprint density at radius 1 is 1.21 bits per heavy atom. The van der Waals surface area contributed by atoms with Crippen LogP contribution in [0, 0.1) is 6.92 Å². The van der Waals surface area contributed by atoms with Gasteiger partial charge in [-0.3, -0.25) is 4.79 Å². The van der Waals surface area contributed by atoms with Crippen molar-refractivity contribution < 1.29 is 9.32 Å². The Kier molecular flexibility index (Phi) is 3.86. The highest BCUT2D eigenvalue weighted by molar-refractivity contribution is 7.11. The average molecular weight is 340 g/mol. The van der Waals surface area contributed by atoms with Crippen LogP contribution in [0.1, 0.15) is 38.6 Å². The van der Waals surface area contributed by atoms with Gasteiger partial charge >= 0.3 is 0 Å². The number of aryl methyl sites for hydroxylation is 1. The first kappa shape index (κ1) is 15.0. The van der Waals surface area contributed by atoms with Crippen LogP contribution in [-0.2, 0) is 0 Å². The summed E-state index contributed by atoms with van der Waals surface area (Å²) >= 11 is 1.39. The number of thiazole rings is 1. The topological polar surface area (TPSA) is 72.1 Å². The molecule has 1 aliphatic rings. The van der Waals surface area contributed by atoms with Gasteiger partial charge in [-0.2, -0.15) is 4.98 Å². The number of benzene rings is 1. The van der Waals surface area contributed by atoms with Gasteiger partial charge in [0, 0.05) is 24.9 Å². The summed E-state index contributed by atoms with van der Waals surface area (Å²) in [6, 6.07) is 10.2. The monoisotopic (exact) mass is 340 g/mol. The second-order valence-corrected chi connectivity index (χ2v) is 6.74. The molecule has 24 heavy (non-hydrogen) atoms. The van der Waals surface area contributed by atoms with Crippen molar-refractivity contribution in [2.45, 2.75) is 18.8 Å². The standard InChI is InChI=1S/C17H16N4O2S/c1-11-15(24-10-19-11)17(22)21-7-13(12-5-3-2-4-6-12)14(8-21)16-18-9-23-20-16/h2-6,9-10,13-14H,7-8H2,1H3/t13-,14+/m1/s1. The Bertz CT molecular complexity index is 831. The Labute approximate surface area is 143 Å². The SMILES string of the molecule is Cc1ncsc1C(=O)N1C[C@H](c2ccccc2)[C@@H](c2ncon2)C1. The zero-order chi connectivity index (χ0) is 16.5. The van der Waals surface area contributed by atoms with Crippen molar-refractivity contribution >= 4 is 17.2 Å². The fourth-order valence-corrected chi connectivity index (χ4v) is 4.03. The van der Waals surface area contributed by atoms with E-state index < -0.39 is 0 Å². The van der Waals surface area contributed by atoms with Crippen LogP contribution in [0.4, 0.5) is 0 Å². The first-order chi connectivity index (χ1) is 11.7. The smallest absolute Gasteiger partial charge is 0.265 e. The molecule has 0 unspecified atom stereocenters. The molecule has 4 rings (SSSR count). The van der Waals surface area contributed by atoms with E-state index in [0.717, 1.165) is 5.69 Å². The molecule has 0 saturated carbocycles. The van der Waals surface area contributed by atoms with Crippen molar-refractivity contribution in [1.29, 1.82) is 0 Å². The van der Waals surface area contributed by atoms with Gasteiger partial charge in [-0.05, 0) is 12.5 Å². The third kappa shape index (κ3) is 2.60. The molecule has 6 nitrogen and oxygen atoms in total. The lowest BCUT2D eigenvalue weighted by molar-refractivity contribution is 0.0792. The Hall–Kier alpha value is -2.54. The molecule has 1 aromatic carbocycles. The number of likely N-dealkylation sites (tertiary alicyclic amines) is 1. The third-order valence-corrected chi connectivity index (χ3v) is 5.40. The zero-order valence-electron chi connectivity index (χ0n) is 13.1. The molecule has 7 heteroatoms. The van der Waals surface area contributed by atoms with E-state index in [1.165, 1.54) is 23.3 Å². The molecule has 122 valence electrons. The van der Waals surface area contributed by atoms with Gasteiger partial charge in [-0.1, -0.05) is 35.5 Å². The van der Waals surface area contributed by atoms with Crippen molar-refractivity contribution in [3.05, 3.63) is 64.2 Å². The molecule has 0 radical (unpaired) electrons. The summed E-state index contributed by atoms with van der Waals surface area (Å²) in [5.41, 5.74) is 3.68. The molecule has 1 saturated heterocycles. The van der Waals surface area contributed by atoms with Crippen molar-refractivity contribution in [3.8, 4) is 0 Å². The van der Waals surface area contributed by atoms with Crippen LogP contribution in [0.3, 0.4) is 0 Å². The molecule has 2 atom stereocenters. The van der Waals surface area contributed by atoms with E-state index in [4.69, 9.17) is 4.52 Å². The number of carbonyl (C=O) groups excluding carboxylic acids is 1. The number of nitrogens with zero attached hydrogens (tertiary/aromatic N) is 4. The molecule has 3 heterocycles. The van der Waals surface area contributed by atoms with Crippen LogP contribution in [0.15, 0.2) is 46.8 Å². The summed E-state index contributed by atoms with van der Waals surface area (Å²) in [6.45, 7) is 3.08. The van der Waals surface area contributed by atoms with E-state index in [9.17, 15) is 4.79 Å². The number of rotatable bonds is 3. The van der Waals surface area contributed by atoms with E-state index >= 15 is 0 Å². The van der Waals surface area contributed by atoms with Crippen LogP contribution < -0.4 is 0 Å². The molecular formula is C17H16N4O2S. The first-order valence-corrected chi connectivity index (χ1v) is 8.62. The van der Waals surface area contributed by atoms with Gasteiger partial charge in [0.05, 0.1) is 11.2 Å². The summed E-state index contributed by atoms with van der Waals surface area (Å²) in [5, 5.41) is 4.01. The van der Waals surface area contributed by atoms with Crippen molar-refractivity contribution in [2.24, 2.45) is 0 Å². The minimum atomic E-state index is 0.0296. The second kappa shape index (κ2) is 6.16. The molecule has 2 aromatic heterocycles. The van der Waals surface area contributed by atoms with Crippen LogP contribution >= 0.6 is 11.3 Å². The highest BCUT2D eigenvalue weighted by Crippen LogP contribution is 2.39. The molecular weight excluding hydrogens is 324 g/mol. The molecule has 0 aliphatic carbocycles. The van der Waals surface area contributed by atoms with Gasteiger partial charge in [0.25, 0.3) is 5.91 Å². The lowest BCUT2D eigenvalue weighted by atomic mass is 9.88. The highest BCUT2D eigenvalue weighted by Gasteiger charge is 2.40. The van der Waals surface area contributed by atoms with Crippen LogP contribution in [0.25, 0.3) is 0 Å². The van der Waals surface area contributed by atoms with Crippen LogP contribution in [0.2, 0.25) is 0 Å². The maximum Gasteiger partial charge on any atom is 0.265 e. The Balaban J connectivity index is 1.66. The summed E-state index contributed by atoms with van der Waals surface area (Å²) in [6.07, 6.45) is 1.34. The zero-order valence-corrected chi connectivity index (χ0v) is 13.9. The fraction of sp³-hybridized carbons (Fsp3) is 0.294. The average Bonchev–Trinajstić information content (AvgIpc) is 3.35. The van der Waals surface area contributed by atoms with Gasteiger partial charge in [0.15, 0.2) is 5.82 Å². The summed E-state index contributed by atoms with van der Waals surface area (Å²) in [7, 11) is 0.